The van der Waals surface area contributed by atoms with Crippen LogP contribution in [-0.4, -0.2) is 28.8 Å². The minimum absolute atomic E-state index is 0.174. The van der Waals surface area contributed by atoms with Gasteiger partial charge in [0.25, 0.3) is 0 Å². The fourth-order valence-corrected chi connectivity index (χ4v) is 4.39. The second kappa shape index (κ2) is 8.14. The number of nitrogens with two attached hydrogens (primary N) is 1. The molecule has 4 nitrogen and oxygen atoms in total. The SMILES string of the molecule is CC(C)(C)Cc1csc(C2(NCC(O)C(N)Cc3cc(F)cc(F)c3)CC2)n1. The van der Waals surface area contributed by atoms with Crippen LogP contribution in [0.15, 0.2) is 23.6 Å². The molecule has 1 aliphatic carbocycles. The average Bonchev–Trinajstić information content (AvgIpc) is 3.22. The first-order valence-corrected chi connectivity index (χ1v) is 10.5. The molecule has 2 atom stereocenters. The van der Waals surface area contributed by atoms with Crippen molar-refractivity contribution in [3.05, 3.63) is 51.5 Å². The van der Waals surface area contributed by atoms with E-state index >= 15 is 0 Å². The minimum Gasteiger partial charge on any atom is -0.390 e. The Bertz CT molecular complexity index is 794. The maximum absolute atomic E-state index is 13.3. The second-order valence-electron chi connectivity index (χ2n) is 9.06. The predicted molar refractivity (Wildman–Crippen MR) is 108 cm³/mol. The molecule has 1 aromatic heterocycles. The van der Waals surface area contributed by atoms with Crippen LogP contribution in [0.1, 0.15) is 49.9 Å². The molecule has 0 bridgehead atoms. The number of aliphatic hydroxyl groups excluding tert-OH is 1. The summed E-state index contributed by atoms with van der Waals surface area (Å²) in [4.78, 5) is 4.80. The number of hydrogen-bond donors (Lipinski definition) is 3. The predicted octanol–water partition coefficient (Wildman–Crippen LogP) is 3.52. The zero-order valence-electron chi connectivity index (χ0n) is 16.6. The highest BCUT2D eigenvalue weighted by molar-refractivity contribution is 7.09. The Kier molecular flexibility index (Phi) is 6.20. The minimum atomic E-state index is -0.821. The topological polar surface area (TPSA) is 71.2 Å². The summed E-state index contributed by atoms with van der Waals surface area (Å²) in [6.07, 6.45) is 2.27. The normalized spacial score (nSPS) is 18.1. The average molecular weight is 410 g/mol. The molecule has 1 fully saturated rings. The molecule has 2 unspecified atom stereocenters. The van der Waals surface area contributed by atoms with Gasteiger partial charge in [0.15, 0.2) is 0 Å². The molecule has 4 N–H and O–H groups in total. The Morgan fingerprint density at radius 1 is 1.25 bits per heavy atom. The van der Waals surface area contributed by atoms with Gasteiger partial charge in [0.2, 0.25) is 0 Å². The first kappa shape index (κ1) is 21.3. The number of hydrogen-bond acceptors (Lipinski definition) is 5. The van der Waals surface area contributed by atoms with Crippen LogP contribution < -0.4 is 11.1 Å². The van der Waals surface area contributed by atoms with Crippen LogP contribution in [0, 0.1) is 17.0 Å². The summed E-state index contributed by atoms with van der Waals surface area (Å²) in [6, 6.07) is 2.71. The molecule has 3 rings (SSSR count). The maximum Gasteiger partial charge on any atom is 0.126 e. The van der Waals surface area contributed by atoms with Crippen molar-refractivity contribution in [2.75, 3.05) is 6.54 Å². The largest absolute Gasteiger partial charge is 0.390 e. The molecule has 154 valence electrons. The molecule has 1 saturated carbocycles. The summed E-state index contributed by atoms with van der Waals surface area (Å²) in [5.41, 5.74) is 7.62. The Morgan fingerprint density at radius 3 is 2.46 bits per heavy atom. The lowest BCUT2D eigenvalue weighted by atomic mass is 9.91. The van der Waals surface area contributed by atoms with E-state index in [1.807, 2.05) is 0 Å². The molecule has 1 aromatic carbocycles. The monoisotopic (exact) mass is 409 g/mol. The van der Waals surface area contributed by atoms with E-state index in [4.69, 9.17) is 10.7 Å². The van der Waals surface area contributed by atoms with E-state index in [0.717, 1.165) is 36.0 Å². The van der Waals surface area contributed by atoms with E-state index in [9.17, 15) is 13.9 Å². The van der Waals surface area contributed by atoms with Gasteiger partial charge in [-0.1, -0.05) is 20.8 Å². The molecule has 0 aliphatic heterocycles. The van der Waals surface area contributed by atoms with Gasteiger partial charge in [-0.2, -0.15) is 0 Å². The van der Waals surface area contributed by atoms with Gasteiger partial charge in [0.05, 0.1) is 17.3 Å². The molecular formula is C21H29F2N3OS. The van der Waals surface area contributed by atoms with Crippen LogP contribution in [0.3, 0.4) is 0 Å². The molecule has 28 heavy (non-hydrogen) atoms. The lowest BCUT2D eigenvalue weighted by Gasteiger charge is -2.23. The van der Waals surface area contributed by atoms with Gasteiger partial charge in [-0.25, -0.2) is 13.8 Å². The van der Waals surface area contributed by atoms with Crippen molar-refractivity contribution in [3.63, 3.8) is 0 Å². The van der Waals surface area contributed by atoms with Crippen molar-refractivity contribution in [3.8, 4) is 0 Å². The molecule has 0 amide bonds. The van der Waals surface area contributed by atoms with E-state index in [1.165, 1.54) is 12.1 Å². The summed E-state index contributed by atoms with van der Waals surface area (Å²) in [7, 11) is 0. The standard InChI is InChI=1S/C21H29F2N3OS/c1-20(2,3)10-16-12-28-19(26-16)21(4-5-21)25-11-18(27)17(24)8-13-6-14(22)9-15(23)7-13/h6-7,9,12,17-18,25,27H,4-5,8,10-11,24H2,1-3H3. The van der Waals surface area contributed by atoms with Crippen molar-refractivity contribution in [2.24, 2.45) is 11.1 Å². The number of benzene rings is 1. The highest BCUT2D eigenvalue weighted by Crippen LogP contribution is 2.46. The fourth-order valence-electron chi connectivity index (χ4n) is 3.33. The molecule has 1 heterocycles. The molecule has 0 spiro atoms. The van der Waals surface area contributed by atoms with Crippen molar-refractivity contribution in [2.45, 2.75) is 64.1 Å². The van der Waals surface area contributed by atoms with Crippen LogP contribution in [0.2, 0.25) is 0 Å². The number of aliphatic hydroxyl groups is 1. The van der Waals surface area contributed by atoms with Crippen molar-refractivity contribution >= 4 is 11.3 Å². The molecule has 0 saturated heterocycles. The summed E-state index contributed by atoms with van der Waals surface area (Å²) in [6.45, 7) is 6.89. The molecule has 7 heteroatoms. The van der Waals surface area contributed by atoms with Gasteiger partial charge in [-0.3, -0.25) is 0 Å². The first-order valence-electron chi connectivity index (χ1n) is 9.65. The van der Waals surface area contributed by atoms with Gasteiger partial charge in [-0.05, 0) is 48.8 Å². The highest BCUT2D eigenvalue weighted by atomic mass is 32.1. The number of nitrogens with one attached hydrogen (secondary N) is 1. The van der Waals surface area contributed by atoms with E-state index in [1.54, 1.807) is 11.3 Å². The van der Waals surface area contributed by atoms with Gasteiger partial charge < -0.3 is 16.2 Å². The van der Waals surface area contributed by atoms with E-state index in [2.05, 4.69) is 31.5 Å². The summed E-state index contributed by atoms with van der Waals surface area (Å²) in [5.74, 6) is -1.27. The molecule has 0 radical (unpaired) electrons. The maximum atomic E-state index is 13.3. The van der Waals surface area contributed by atoms with E-state index in [0.29, 0.717) is 12.1 Å². The number of aromatic nitrogens is 1. The number of thiazole rings is 1. The Balaban J connectivity index is 1.55. The fraction of sp³-hybridized carbons (Fsp3) is 0.571. The zero-order chi connectivity index (χ0) is 20.5. The van der Waals surface area contributed by atoms with Crippen molar-refractivity contribution in [1.82, 2.24) is 10.3 Å². The molecular weight excluding hydrogens is 380 g/mol. The quantitative estimate of drug-likeness (QED) is 0.624. The first-order chi connectivity index (χ1) is 13.1. The number of rotatable bonds is 8. The van der Waals surface area contributed by atoms with Crippen LogP contribution >= 0.6 is 11.3 Å². The third-order valence-corrected chi connectivity index (χ3v) is 6.06. The summed E-state index contributed by atoms with van der Waals surface area (Å²) < 4.78 is 26.6. The van der Waals surface area contributed by atoms with E-state index in [-0.39, 0.29) is 17.4 Å². The number of halogens is 2. The van der Waals surface area contributed by atoms with Crippen LogP contribution in [0.5, 0.6) is 0 Å². The van der Waals surface area contributed by atoms with Crippen LogP contribution in [0.25, 0.3) is 0 Å². The van der Waals surface area contributed by atoms with Crippen LogP contribution in [-0.2, 0) is 18.4 Å². The molecule has 1 aliphatic rings. The third kappa shape index (κ3) is 5.56. The molecule has 2 aromatic rings. The Hall–Kier alpha value is -1.41. The highest BCUT2D eigenvalue weighted by Gasteiger charge is 2.47. The van der Waals surface area contributed by atoms with Gasteiger partial charge in [0.1, 0.15) is 16.6 Å². The van der Waals surface area contributed by atoms with Crippen molar-refractivity contribution in [1.29, 1.82) is 0 Å². The lowest BCUT2D eigenvalue weighted by molar-refractivity contribution is 0.136. The zero-order valence-corrected chi connectivity index (χ0v) is 17.5. The van der Waals surface area contributed by atoms with Gasteiger partial charge >= 0.3 is 0 Å². The summed E-state index contributed by atoms with van der Waals surface area (Å²) >= 11 is 1.66. The lowest BCUT2D eigenvalue weighted by Crippen LogP contribution is -2.45. The smallest absolute Gasteiger partial charge is 0.126 e. The van der Waals surface area contributed by atoms with E-state index < -0.39 is 23.8 Å². The summed E-state index contributed by atoms with van der Waals surface area (Å²) in [5, 5.41) is 17.0. The van der Waals surface area contributed by atoms with Gasteiger partial charge in [-0.15, -0.1) is 11.3 Å². The Labute approximate surface area is 169 Å². The third-order valence-electron chi connectivity index (χ3n) is 4.96. The van der Waals surface area contributed by atoms with Crippen LogP contribution in [0.4, 0.5) is 8.78 Å². The van der Waals surface area contributed by atoms with Crippen molar-refractivity contribution < 1.29 is 13.9 Å². The number of nitrogens with zero attached hydrogens (tertiary/aromatic N) is 1. The second-order valence-corrected chi connectivity index (χ2v) is 9.92. The Morgan fingerprint density at radius 2 is 1.89 bits per heavy atom. The van der Waals surface area contributed by atoms with Gasteiger partial charge in [0, 0.05) is 24.0 Å².